The van der Waals surface area contributed by atoms with E-state index in [4.69, 9.17) is 11.1 Å². The number of carbonyl (C=O) groups is 3. The van der Waals surface area contributed by atoms with E-state index in [2.05, 4.69) is 16.0 Å². The maximum atomic E-state index is 13.3. The molecule has 1 aromatic carbocycles. The third-order valence-corrected chi connectivity index (χ3v) is 6.65. The van der Waals surface area contributed by atoms with Gasteiger partial charge in [-0.2, -0.15) is 0 Å². The normalized spacial score (nSPS) is 19.3. The maximum absolute atomic E-state index is 13.3. The molecule has 2 aliphatic heterocycles. The quantitative estimate of drug-likeness (QED) is 0.279. The van der Waals surface area contributed by atoms with E-state index in [-0.39, 0.29) is 30.1 Å². The second-order valence-corrected chi connectivity index (χ2v) is 9.45. The average Bonchev–Trinajstić information content (AvgIpc) is 3.16. The molecule has 0 bridgehead atoms. The average molecular weight is 486 g/mol. The molecule has 0 aliphatic carbocycles. The highest BCUT2D eigenvalue weighted by atomic mass is 16.2. The van der Waals surface area contributed by atoms with Crippen molar-refractivity contribution in [1.82, 2.24) is 25.8 Å². The molecule has 6 N–H and O–H groups in total. The Morgan fingerprint density at radius 2 is 1.66 bits per heavy atom. The molecule has 0 aromatic heterocycles. The lowest BCUT2D eigenvalue weighted by molar-refractivity contribution is -0.135. The molecule has 0 spiro atoms. The maximum Gasteiger partial charge on any atom is 0.315 e. The van der Waals surface area contributed by atoms with Crippen LogP contribution in [0.1, 0.15) is 50.5 Å². The van der Waals surface area contributed by atoms with Crippen molar-refractivity contribution in [3.05, 3.63) is 35.9 Å². The fraction of sp³-hybridized carbons (Fsp3) is 0.600. The van der Waals surface area contributed by atoms with E-state index >= 15 is 0 Å². The summed E-state index contributed by atoms with van der Waals surface area (Å²) in [6.07, 6.45) is 5.77. The van der Waals surface area contributed by atoms with E-state index in [9.17, 15) is 14.4 Å². The summed E-state index contributed by atoms with van der Waals surface area (Å²) >= 11 is 0. The van der Waals surface area contributed by atoms with E-state index in [1.807, 2.05) is 35.2 Å². The zero-order valence-corrected chi connectivity index (χ0v) is 20.4. The predicted octanol–water partition coefficient (Wildman–Crippen LogP) is 1.37. The van der Waals surface area contributed by atoms with Crippen LogP contribution in [0.15, 0.2) is 30.3 Å². The van der Waals surface area contributed by atoms with Gasteiger partial charge in [-0.05, 0) is 37.2 Å². The molecule has 10 nitrogen and oxygen atoms in total. The van der Waals surface area contributed by atoms with Gasteiger partial charge in [0.1, 0.15) is 6.04 Å². The van der Waals surface area contributed by atoms with E-state index in [1.165, 1.54) is 0 Å². The Hall–Kier alpha value is -3.30. The summed E-state index contributed by atoms with van der Waals surface area (Å²) in [7, 11) is 0. The molecule has 35 heavy (non-hydrogen) atoms. The number of amides is 4. The lowest BCUT2D eigenvalue weighted by Crippen LogP contribution is -2.53. The third-order valence-electron chi connectivity index (χ3n) is 6.65. The highest BCUT2D eigenvalue weighted by molar-refractivity contribution is 5.91. The van der Waals surface area contributed by atoms with Gasteiger partial charge in [0.15, 0.2) is 5.96 Å². The van der Waals surface area contributed by atoms with Crippen molar-refractivity contribution in [2.45, 2.75) is 57.5 Å². The lowest BCUT2D eigenvalue weighted by atomic mass is 9.98. The molecule has 10 heteroatoms. The van der Waals surface area contributed by atoms with Crippen molar-refractivity contribution in [3.63, 3.8) is 0 Å². The smallest absolute Gasteiger partial charge is 0.315 e. The van der Waals surface area contributed by atoms with E-state index in [1.54, 1.807) is 4.90 Å². The van der Waals surface area contributed by atoms with Gasteiger partial charge in [0.25, 0.3) is 0 Å². The molecular weight excluding hydrogens is 446 g/mol. The fourth-order valence-corrected chi connectivity index (χ4v) is 4.67. The molecule has 2 heterocycles. The van der Waals surface area contributed by atoms with Gasteiger partial charge in [0.05, 0.1) is 6.42 Å². The van der Waals surface area contributed by atoms with Crippen LogP contribution in [0.3, 0.4) is 0 Å². The van der Waals surface area contributed by atoms with Gasteiger partial charge >= 0.3 is 6.03 Å². The summed E-state index contributed by atoms with van der Waals surface area (Å²) in [5.74, 6) is -0.243. The zero-order chi connectivity index (χ0) is 25.0. The Labute approximate surface area is 207 Å². The Balaban J connectivity index is 1.56. The van der Waals surface area contributed by atoms with Crippen LogP contribution in [0.25, 0.3) is 0 Å². The SMILES string of the molecule is N=C(N)N1CCC[C@@H](CNC(=O)C[C@H](NC(=O)NCc2ccccc2)C(=O)N2CCCCCC2)C1. The molecule has 1 aromatic rings. The molecular formula is C25H39N7O3. The van der Waals surface area contributed by atoms with Crippen molar-refractivity contribution in [3.8, 4) is 0 Å². The summed E-state index contributed by atoms with van der Waals surface area (Å²) < 4.78 is 0. The number of rotatable bonds is 8. The Morgan fingerprint density at radius 1 is 0.971 bits per heavy atom. The number of carbonyl (C=O) groups excluding carboxylic acids is 3. The highest BCUT2D eigenvalue weighted by Crippen LogP contribution is 2.16. The summed E-state index contributed by atoms with van der Waals surface area (Å²) in [5.41, 5.74) is 6.56. The first-order chi connectivity index (χ1) is 16.9. The fourth-order valence-electron chi connectivity index (χ4n) is 4.67. The Morgan fingerprint density at radius 3 is 2.34 bits per heavy atom. The van der Waals surface area contributed by atoms with Crippen molar-refractivity contribution in [2.24, 2.45) is 11.7 Å². The lowest BCUT2D eigenvalue weighted by Gasteiger charge is -2.33. The van der Waals surface area contributed by atoms with Crippen LogP contribution in [-0.4, -0.2) is 72.4 Å². The molecule has 192 valence electrons. The van der Waals surface area contributed by atoms with Crippen LogP contribution in [0, 0.1) is 11.3 Å². The van der Waals surface area contributed by atoms with Crippen LogP contribution >= 0.6 is 0 Å². The van der Waals surface area contributed by atoms with E-state index in [0.29, 0.717) is 32.7 Å². The van der Waals surface area contributed by atoms with Crippen LogP contribution < -0.4 is 21.7 Å². The second kappa shape index (κ2) is 13.6. The minimum absolute atomic E-state index is 0.0508. The summed E-state index contributed by atoms with van der Waals surface area (Å²) in [5, 5.41) is 16.1. The van der Waals surface area contributed by atoms with Crippen molar-refractivity contribution in [1.29, 1.82) is 5.41 Å². The number of urea groups is 1. The van der Waals surface area contributed by atoms with Gasteiger partial charge in [0.2, 0.25) is 11.8 Å². The van der Waals surface area contributed by atoms with Gasteiger partial charge in [-0.1, -0.05) is 43.2 Å². The largest absolute Gasteiger partial charge is 0.370 e. The van der Waals surface area contributed by atoms with Gasteiger partial charge in [-0.3, -0.25) is 15.0 Å². The van der Waals surface area contributed by atoms with Crippen LogP contribution in [0.4, 0.5) is 4.79 Å². The molecule has 0 saturated carbocycles. The molecule has 2 fully saturated rings. The Bertz CT molecular complexity index is 856. The topological polar surface area (TPSA) is 144 Å². The summed E-state index contributed by atoms with van der Waals surface area (Å²) in [6, 6.07) is 8.11. The first-order valence-electron chi connectivity index (χ1n) is 12.6. The number of guanidine groups is 1. The number of hydrogen-bond donors (Lipinski definition) is 5. The van der Waals surface area contributed by atoms with Gasteiger partial charge < -0.3 is 31.5 Å². The van der Waals surface area contributed by atoms with Crippen molar-refractivity contribution >= 4 is 23.8 Å². The Kier molecular flexibility index (Phi) is 10.2. The van der Waals surface area contributed by atoms with Crippen molar-refractivity contribution < 1.29 is 14.4 Å². The van der Waals surface area contributed by atoms with Crippen molar-refractivity contribution in [2.75, 3.05) is 32.7 Å². The molecule has 2 atom stereocenters. The summed E-state index contributed by atoms with van der Waals surface area (Å²) in [4.78, 5) is 42.3. The number of nitrogens with one attached hydrogen (secondary N) is 4. The molecule has 2 saturated heterocycles. The monoisotopic (exact) mass is 485 g/mol. The zero-order valence-electron chi connectivity index (χ0n) is 20.4. The number of hydrogen-bond acceptors (Lipinski definition) is 4. The minimum Gasteiger partial charge on any atom is -0.370 e. The first-order valence-corrected chi connectivity index (χ1v) is 12.6. The minimum atomic E-state index is -0.927. The number of nitrogens with two attached hydrogens (primary N) is 1. The van der Waals surface area contributed by atoms with Crippen LogP contribution in [-0.2, 0) is 16.1 Å². The number of benzene rings is 1. The van der Waals surface area contributed by atoms with E-state index < -0.39 is 12.1 Å². The second-order valence-electron chi connectivity index (χ2n) is 9.45. The summed E-state index contributed by atoms with van der Waals surface area (Å²) in [6.45, 7) is 3.46. The van der Waals surface area contributed by atoms with E-state index in [0.717, 1.165) is 50.6 Å². The molecule has 3 rings (SSSR count). The van der Waals surface area contributed by atoms with Crippen LogP contribution in [0.2, 0.25) is 0 Å². The highest BCUT2D eigenvalue weighted by Gasteiger charge is 2.29. The number of likely N-dealkylation sites (tertiary alicyclic amines) is 2. The molecule has 0 radical (unpaired) electrons. The van der Waals surface area contributed by atoms with Crippen LogP contribution in [0.5, 0.6) is 0 Å². The molecule has 4 amide bonds. The molecule has 0 unspecified atom stereocenters. The van der Waals surface area contributed by atoms with Gasteiger partial charge in [-0.25, -0.2) is 4.79 Å². The first kappa shape index (κ1) is 26.3. The van der Waals surface area contributed by atoms with Gasteiger partial charge in [0, 0.05) is 39.3 Å². The standard InChI is InChI=1S/C25H39N7O3/c26-24(27)32-14-8-11-20(18-32)17-28-22(33)15-21(23(34)31-12-6-1-2-7-13-31)30-25(35)29-16-19-9-4-3-5-10-19/h3-5,9-10,20-21H,1-2,6-8,11-18H2,(H3,26,27)(H,28,33)(H2,29,30,35)/t20-,21-/m0/s1. The number of nitrogens with zero attached hydrogens (tertiary/aromatic N) is 2. The number of piperidine rings is 1. The molecule has 2 aliphatic rings. The van der Waals surface area contributed by atoms with Gasteiger partial charge in [-0.15, -0.1) is 0 Å². The third kappa shape index (κ3) is 8.77. The predicted molar refractivity (Wildman–Crippen MR) is 134 cm³/mol.